The minimum Gasteiger partial charge on any atom is -0.325 e. The minimum atomic E-state index is -4.53. The first kappa shape index (κ1) is 19.8. The fraction of sp³-hybridized carbons (Fsp3) is 0.235. The summed E-state index contributed by atoms with van der Waals surface area (Å²) in [6, 6.07) is 10.5. The van der Waals surface area contributed by atoms with Crippen LogP contribution in [0.5, 0.6) is 0 Å². The highest BCUT2D eigenvalue weighted by Gasteiger charge is 2.30. The van der Waals surface area contributed by atoms with E-state index in [2.05, 4.69) is 5.32 Å². The second-order valence-electron chi connectivity index (χ2n) is 5.73. The van der Waals surface area contributed by atoms with Crippen LogP contribution in [-0.2, 0) is 21.0 Å². The lowest BCUT2D eigenvalue weighted by molar-refractivity contribution is -0.137. The summed E-state index contributed by atoms with van der Waals surface area (Å²) in [6.07, 6.45) is -3.65. The van der Waals surface area contributed by atoms with Crippen LogP contribution in [0, 0.1) is 6.92 Å². The summed E-state index contributed by atoms with van der Waals surface area (Å²) in [7, 11) is -3.87. The van der Waals surface area contributed by atoms with Gasteiger partial charge >= 0.3 is 6.18 Å². The Balaban J connectivity index is 2.21. The molecule has 1 amide bonds. The van der Waals surface area contributed by atoms with Gasteiger partial charge in [0.1, 0.15) is 6.54 Å². The summed E-state index contributed by atoms with van der Waals surface area (Å²) < 4.78 is 62.6. The molecule has 0 aliphatic heterocycles. The Labute approximate surface area is 149 Å². The van der Waals surface area contributed by atoms with Crippen molar-refractivity contribution >= 4 is 27.3 Å². The van der Waals surface area contributed by atoms with Gasteiger partial charge in [-0.15, -0.1) is 0 Å². The van der Waals surface area contributed by atoms with Crippen molar-refractivity contribution in [2.45, 2.75) is 13.1 Å². The largest absolute Gasteiger partial charge is 0.416 e. The van der Waals surface area contributed by atoms with Crippen molar-refractivity contribution in [1.29, 1.82) is 0 Å². The molecule has 5 nitrogen and oxygen atoms in total. The molecule has 0 unspecified atom stereocenters. The second-order valence-corrected chi connectivity index (χ2v) is 7.64. The first-order chi connectivity index (χ1) is 12.0. The third-order valence-electron chi connectivity index (χ3n) is 3.47. The number of aryl methyl sites for hydroxylation is 1. The van der Waals surface area contributed by atoms with Gasteiger partial charge in [0.15, 0.2) is 0 Å². The zero-order valence-corrected chi connectivity index (χ0v) is 14.9. The van der Waals surface area contributed by atoms with Crippen molar-refractivity contribution in [1.82, 2.24) is 0 Å². The van der Waals surface area contributed by atoms with E-state index >= 15 is 0 Å². The number of carbonyl (C=O) groups is 1. The van der Waals surface area contributed by atoms with E-state index in [1.165, 1.54) is 0 Å². The molecule has 2 aromatic carbocycles. The normalized spacial score (nSPS) is 11.9. The Bertz CT molecular complexity index is 894. The average molecular weight is 386 g/mol. The highest BCUT2D eigenvalue weighted by Crippen LogP contribution is 2.31. The van der Waals surface area contributed by atoms with Crippen LogP contribution < -0.4 is 9.62 Å². The van der Waals surface area contributed by atoms with E-state index < -0.39 is 34.2 Å². The Morgan fingerprint density at radius 2 is 1.73 bits per heavy atom. The molecule has 0 aromatic heterocycles. The number of carbonyl (C=O) groups excluding carboxylic acids is 1. The van der Waals surface area contributed by atoms with E-state index in [1.807, 2.05) is 13.0 Å². The Morgan fingerprint density at radius 3 is 2.23 bits per heavy atom. The van der Waals surface area contributed by atoms with Gasteiger partial charge in [-0.1, -0.05) is 12.1 Å². The molecule has 0 radical (unpaired) electrons. The van der Waals surface area contributed by atoms with E-state index in [0.29, 0.717) is 5.69 Å². The first-order valence-corrected chi connectivity index (χ1v) is 9.33. The van der Waals surface area contributed by atoms with Crippen LogP contribution in [-0.4, -0.2) is 27.1 Å². The standard InChI is InChI=1S/C17H17F3N2O3S/c1-12-4-3-5-14(10-12)21-16(23)11-22(26(2,24)25)15-8-6-13(7-9-15)17(18,19)20/h3-10H,11H2,1-2H3,(H,21,23). The summed E-state index contributed by atoms with van der Waals surface area (Å²) >= 11 is 0. The van der Waals surface area contributed by atoms with Crippen LogP contribution in [0.4, 0.5) is 24.5 Å². The molecule has 0 saturated heterocycles. The van der Waals surface area contributed by atoms with Crippen LogP contribution in [0.1, 0.15) is 11.1 Å². The lowest BCUT2D eigenvalue weighted by Gasteiger charge is -2.22. The van der Waals surface area contributed by atoms with Gasteiger partial charge in [0.2, 0.25) is 15.9 Å². The maximum absolute atomic E-state index is 12.6. The number of nitrogens with zero attached hydrogens (tertiary/aromatic N) is 1. The molecule has 2 aromatic rings. The maximum atomic E-state index is 12.6. The topological polar surface area (TPSA) is 66.5 Å². The molecule has 2 rings (SSSR count). The molecule has 0 bridgehead atoms. The van der Waals surface area contributed by atoms with Crippen molar-refractivity contribution in [3.05, 3.63) is 59.7 Å². The third-order valence-corrected chi connectivity index (χ3v) is 4.61. The Morgan fingerprint density at radius 1 is 1.12 bits per heavy atom. The van der Waals surface area contributed by atoms with Gasteiger partial charge in [0.05, 0.1) is 17.5 Å². The van der Waals surface area contributed by atoms with E-state index in [9.17, 15) is 26.4 Å². The monoisotopic (exact) mass is 386 g/mol. The maximum Gasteiger partial charge on any atom is 0.416 e. The van der Waals surface area contributed by atoms with Crippen molar-refractivity contribution in [2.24, 2.45) is 0 Å². The lowest BCUT2D eigenvalue weighted by atomic mass is 10.2. The highest BCUT2D eigenvalue weighted by atomic mass is 32.2. The smallest absolute Gasteiger partial charge is 0.325 e. The number of nitrogens with one attached hydrogen (secondary N) is 1. The van der Waals surface area contributed by atoms with E-state index in [-0.39, 0.29) is 5.69 Å². The van der Waals surface area contributed by atoms with Gasteiger partial charge < -0.3 is 5.32 Å². The third kappa shape index (κ3) is 5.22. The number of sulfonamides is 1. The van der Waals surface area contributed by atoms with Crippen molar-refractivity contribution < 1.29 is 26.4 Å². The van der Waals surface area contributed by atoms with Gasteiger partial charge in [-0.05, 0) is 48.9 Å². The number of halogens is 3. The molecule has 0 aliphatic rings. The number of hydrogen-bond acceptors (Lipinski definition) is 3. The van der Waals surface area contributed by atoms with Gasteiger partial charge in [-0.3, -0.25) is 9.10 Å². The highest BCUT2D eigenvalue weighted by molar-refractivity contribution is 7.92. The fourth-order valence-electron chi connectivity index (χ4n) is 2.27. The predicted molar refractivity (Wildman–Crippen MR) is 93.4 cm³/mol. The molecular formula is C17H17F3N2O3S. The van der Waals surface area contributed by atoms with Crippen LogP contribution in [0.3, 0.4) is 0 Å². The molecule has 0 fully saturated rings. The number of amides is 1. The van der Waals surface area contributed by atoms with Crippen molar-refractivity contribution in [2.75, 3.05) is 22.4 Å². The van der Waals surface area contributed by atoms with E-state index in [1.54, 1.807) is 18.2 Å². The molecule has 0 aliphatic carbocycles. The van der Waals surface area contributed by atoms with Crippen LogP contribution in [0.2, 0.25) is 0 Å². The summed E-state index contributed by atoms with van der Waals surface area (Å²) in [5, 5.41) is 2.57. The Hall–Kier alpha value is -2.55. The second kappa shape index (κ2) is 7.36. The first-order valence-electron chi connectivity index (χ1n) is 7.48. The van der Waals surface area contributed by atoms with Gasteiger partial charge in [0.25, 0.3) is 0 Å². The molecule has 0 atom stereocenters. The van der Waals surface area contributed by atoms with Crippen LogP contribution in [0.15, 0.2) is 48.5 Å². The minimum absolute atomic E-state index is 0.0279. The van der Waals surface area contributed by atoms with Crippen LogP contribution in [0.25, 0.3) is 0 Å². The number of hydrogen-bond donors (Lipinski definition) is 1. The molecule has 0 saturated carbocycles. The van der Waals surface area contributed by atoms with Crippen LogP contribution >= 0.6 is 0 Å². The molecule has 140 valence electrons. The quantitative estimate of drug-likeness (QED) is 0.856. The molecule has 9 heteroatoms. The summed E-state index contributed by atoms with van der Waals surface area (Å²) in [5.74, 6) is -0.610. The summed E-state index contributed by atoms with van der Waals surface area (Å²) in [6.45, 7) is 1.28. The van der Waals surface area contributed by atoms with Gasteiger partial charge in [-0.2, -0.15) is 13.2 Å². The number of benzene rings is 2. The average Bonchev–Trinajstić information content (AvgIpc) is 2.51. The predicted octanol–water partition coefficient (Wildman–Crippen LogP) is 3.42. The molecule has 0 spiro atoms. The van der Waals surface area contributed by atoms with Gasteiger partial charge in [-0.25, -0.2) is 8.42 Å². The molecule has 1 N–H and O–H groups in total. The molecule has 0 heterocycles. The van der Waals surface area contributed by atoms with Crippen molar-refractivity contribution in [3.8, 4) is 0 Å². The van der Waals surface area contributed by atoms with E-state index in [4.69, 9.17) is 0 Å². The van der Waals surface area contributed by atoms with Gasteiger partial charge in [0, 0.05) is 5.69 Å². The molecule has 26 heavy (non-hydrogen) atoms. The number of rotatable bonds is 5. The van der Waals surface area contributed by atoms with Crippen molar-refractivity contribution in [3.63, 3.8) is 0 Å². The summed E-state index contributed by atoms with van der Waals surface area (Å²) in [5.41, 5.74) is 0.472. The number of anilines is 2. The molecular weight excluding hydrogens is 369 g/mol. The lowest BCUT2D eigenvalue weighted by Crippen LogP contribution is -2.37. The zero-order valence-electron chi connectivity index (χ0n) is 14.0. The summed E-state index contributed by atoms with van der Waals surface area (Å²) in [4.78, 5) is 12.2. The SMILES string of the molecule is Cc1cccc(NC(=O)CN(c2ccc(C(F)(F)F)cc2)S(C)(=O)=O)c1. The number of alkyl halides is 3. The van der Waals surface area contributed by atoms with E-state index in [0.717, 1.165) is 40.4 Å². The fourth-order valence-corrected chi connectivity index (χ4v) is 3.13. The Kier molecular flexibility index (Phi) is 5.60. The zero-order chi connectivity index (χ0) is 19.5.